The molecule has 0 amide bonds. The molecule has 2 nitrogen and oxygen atoms in total. The first kappa shape index (κ1) is 5.75. The first-order valence-corrected chi connectivity index (χ1v) is 3.03. The fourth-order valence-corrected chi connectivity index (χ4v) is 0. The average Bonchev–Trinajstić information content (AvgIpc) is 1.36. The molecule has 0 aliphatic rings. The third kappa shape index (κ3) is 2.02. The summed E-state index contributed by atoms with van der Waals surface area (Å²) in [6.07, 6.45) is 0. The standard InChI is InChI=1S/C2H7BO2Si/c3-1(6)2(4)5/h1H,3H2,6H3,(H,4,5). The third-order valence-corrected chi connectivity index (χ3v) is 0.988. The van der Waals surface area contributed by atoms with E-state index in [0.29, 0.717) is 0 Å². The van der Waals surface area contributed by atoms with Gasteiger partial charge in [-0.15, -0.1) is 0 Å². The molecule has 6 heavy (non-hydrogen) atoms. The van der Waals surface area contributed by atoms with E-state index in [1.165, 1.54) is 0 Å². The topological polar surface area (TPSA) is 37.3 Å². The van der Waals surface area contributed by atoms with Gasteiger partial charge in [-0.3, -0.25) is 4.79 Å². The van der Waals surface area contributed by atoms with Crippen LogP contribution in [0.2, 0.25) is 5.44 Å². The molecule has 34 valence electrons. The van der Waals surface area contributed by atoms with Crippen molar-refractivity contribution in [3.05, 3.63) is 0 Å². The number of rotatable bonds is 1. The predicted molar refractivity (Wildman–Crippen MR) is 29.9 cm³/mol. The van der Waals surface area contributed by atoms with Crippen LogP contribution < -0.4 is 0 Å². The van der Waals surface area contributed by atoms with Crippen molar-refractivity contribution in [2.75, 3.05) is 0 Å². The van der Waals surface area contributed by atoms with Crippen molar-refractivity contribution in [1.29, 1.82) is 0 Å². The van der Waals surface area contributed by atoms with Crippen molar-refractivity contribution in [2.45, 2.75) is 5.44 Å². The van der Waals surface area contributed by atoms with Gasteiger partial charge < -0.3 is 5.11 Å². The van der Waals surface area contributed by atoms with Crippen molar-refractivity contribution in [3.8, 4) is 0 Å². The van der Waals surface area contributed by atoms with Crippen molar-refractivity contribution >= 4 is 24.1 Å². The number of aliphatic carboxylic acids is 1. The van der Waals surface area contributed by atoms with Crippen LogP contribution in [0.25, 0.3) is 0 Å². The molecule has 4 heteroatoms. The van der Waals surface area contributed by atoms with Crippen LogP contribution in [0.1, 0.15) is 0 Å². The molecule has 0 spiro atoms. The Kier molecular flexibility index (Phi) is 1.94. The van der Waals surface area contributed by atoms with E-state index in [1.54, 1.807) is 7.85 Å². The van der Waals surface area contributed by atoms with Gasteiger partial charge in [0, 0.05) is 15.7 Å². The van der Waals surface area contributed by atoms with Gasteiger partial charge in [0.15, 0.2) is 0 Å². The molecular weight excluding hydrogens is 94.9 g/mol. The molecule has 0 bridgehead atoms. The fraction of sp³-hybridized carbons (Fsp3) is 0.500. The Morgan fingerprint density at radius 3 is 2.17 bits per heavy atom. The minimum Gasteiger partial charge on any atom is -0.482 e. The highest BCUT2D eigenvalue weighted by atomic mass is 28.1. The maximum absolute atomic E-state index is 9.73. The Labute approximate surface area is 40.4 Å². The maximum Gasteiger partial charge on any atom is 0.294 e. The second-order valence-corrected chi connectivity index (χ2v) is 3.22. The minimum atomic E-state index is -0.679. The zero-order valence-corrected chi connectivity index (χ0v) is 5.93. The summed E-state index contributed by atoms with van der Waals surface area (Å²) in [5.41, 5.74) is -0.0926. The van der Waals surface area contributed by atoms with E-state index in [0.717, 1.165) is 10.2 Å². The van der Waals surface area contributed by atoms with Gasteiger partial charge in [0.1, 0.15) is 7.85 Å². The van der Waals surface area contributed by atoms with Crippen molar-refractivity contribution in [2.24, 2.45) is 0 Å². The highest BCUT2D eigenvalue weighted by Crippen LogP contribution is 1.84. The number of carboxylic acid groups (broad SMARTS) is 1. The van der Waals surface area contributed by atoms with Crippen molar-refractivity contribution in [3.63, 3.8) is 0 Å². The second kappa shape index (κ2) is 2.02. The summed E-state index contributed by atoms with van der Waals surface area (Å²) in [5.74, 6) is -0.679. The van der Waals surface area contributed by atoms with Crippen LogP contribution in [0.3, 0.4) is 0 Å². The molecule has 0 aromatic heterocycles. The molecule has 0 heterocycles. The lowest BCUT2D eigenvalue weighted by atomic mass is 10.1. The van der Waals surface area contributed by atoms with E-state index in [-0.39, 0.29) is 5.44 Å². The normalized spacial score (nSPS) is 14.0. The van der Waals surface area contributed by atoms with Crippen LogP contribution in [0.5, 0.6) is 0 Å². The molecule has 0 aromatic carbocycles. The Balaban J connectivity index is 3.26. The summed E-state index contributed by atoms with van der Waals surface area (Å²) in [6, 6.07) is 0. The average molecular weight is 102 g/mol. The third-order valence-electron chi connectivity index (χ3n) is 0.494. The van der Waals surface area contributed by atoms with Gasteiger partial charge in [-0.05, 0) is 0 Å². The van der Waals surface area contributed by atoms with Gasteiger partial charge >= 0.3 is 0 Å². The zero-order valence-electron chi connectivity index (χ0n) is 3.93. The summed E-state index contributed by atoms with van der Waals surface area (Å²) in [6.45, 7) is 0. The van der Waals surface area contributed by atoms with E-state index in [9.17, 15) is 4.79 Å². The lowest BCUT2D eigenvalue weighted by molar-refractivity contribution is -0.135. The quantitative estimate of drug-likeness (QED) is 0.382. The second-order valence-electron chi connectivity index (χ2n) is 1.49. The van der Waals surface area contributed by atoms with E-state index in [1.807, 2.05) is 0 Å². The molecule has 0 rings (SSSR count). The smallest absolute Gasteiger partial charge is 0.294 e. The Hall–Kier alpha value is -0.248. The molecule has 0 saturated heterocycles. The van der Waals surface area contributed by atoms with Crippen LogP contribution in [0, 0.1) is 0 Å². The molecule has 0 radical (unpaired) electrons. The largest absolute Gasteiger partial charge is 0.482 e. The van der Waals surface area contributed by atoms with Gasteiger partial charge in [-0.2, -0.15) is 0 Å². The lowest BCUT2D eigenvalue weighted by Gasteiger charge is -1.88. The molecule has 0 fully saturated rings. The SMILES string of the molecule is BC([SiH3])C(=O)O. The van der Waals surface area contributed by atoms with Gasteiger partial charge in [0.05, 0.1) is 0 Å². The van der Waals surface area contributed by atoms with Gasteiger partial charge in [0.2, 0.25) is 0 Å². The fourth-order valence-electron chi connectivity index (χ4n) is 0. The van der Waals surface area contributed by atoms with Gasteiger partial charge in [-0.1, -0.05) is 0 Å². The molecule has 0 aliphatic heterocycles. The van der Waals surface area contributed by atoms with Crippen LogP contribution >= 0.6 is 0 Å². The molecule has 0 aromatic rings. The number of carbonyl (C=O) groups is 1. The van der Waals surface area contributed by atoms with E-state index in [2.05, 4.69) is 0 Å². The molecule has 1 atom stereocenters. The summed E-state index contributed by atoms with van der Waals surface area (Å²) < 4.78 is 0. The number of hydrogen-bond donors (Lipinski definition) is 1. The predicted octanol–water partition coefficient (Wildman–Crippen LogP) is -2.18. The molecule has 0 saturated carbocycles. The van der Waals surface area contributed by atoms with Gasteiger partial charge in [0.25, 0.3) is 5.97 Å². The molecule has 0 aliphatic carbocycles. The number of carboxylic acids is 1. The summed E-state index contributed by atoms with van der Waals surface area (Å²) in [5, 5.41) is 8.03. The lowest BCUT2D eigenvalue weighted by Crippen LogP contribution is -2.05. The first-order chi connectivity index (χ1) is 2.64. The molecule has 1 N–H and O–H groups in total. The highest BCUT2D eigenvalue weighted by Gasteiger charge is 1.99. The molecular formula is C2H7BO2Si. The van der Waals surface area contributed by atoms with Crippen LogP contribution in [-0.2, 0) is 4.79 Å². The van der Waals surface area contributed by atoms with E-state index < -0.39 is 5.97 Å². The molecule has 1 unspecified atom stereocenters. The summed E-state index contributed by atoms with van der Waals surface area (Å²) in [4.78, 5) is 9.73. The zero-order chi connectivity index (χ0) is 5.15. The van der Waals surface area contributed by atoms with Crippen LogP contribution in [0.15, 0.2) is 0 Å². The summed E-state index contributed by atoms with van der Waals surface area (Å²) >= 11 is 0. The monoisotopic (exact) mass is 102 g/mol. The Bertz CT molecular complexity index is 62.6. The van der Waals surface area contributed by atoms with Gasteiger partial charge in [-0.25, -0.2) is 0 Å². The van der Waals surface area contributed by atoms with Crippen molar-refractivity contribution in [1.82, 2.24) is 0 Å². The minimum absolute atomic E-state index is 0.0926. The highest BCUT2D eigenvalue weighted by molar-refractivity contribution is 6.44. The van der Waals surface area contributed by atoms with Crippen molar-refractivity contribution < 1.29 is 9.90 Å². The summed E-state index contributed by atoms with van der Waals surface area (Å²) in [7, 11) is 2.46. The maximum atomic E-state index is 9.73. The Morgan fingerprint density at radius 2 is 2.17 bits per heavy atom. The van der Waals surface area contributed by atoms with Crippen LogP contribution in [-0.4, -0.2) is 29.2 Å². The van der Waals surface area contributed by atoms with Crippen LogP contribution in [0.4, 0.5) is 0 Å². The van der Waals surface area contributed by atoms with E-state index >= 15 is 0 Å². The Morgan fingerprint density at radius 1 is 2.00 bits per heavy atom. The van der Waals surface area contributed by atoms with E-state index in [4.69, 9.17) is 5.11 Å². The first-order valence-electron chi connectivity index (χ1n) is 1.87. The number of hydrogen-bond acceptors (Lipinski definition) is 1.